The Bertz CT molecular complexity index is 1420. The number of hydrogen-bond acceptors (Lipinski definition) is 4. The van der Waals surface area contributed by atoms with Crippen LogP contribution in [0.4, 0.5) is 5.69 Å². The molecule has 3 rings (SSSR count). The highest BCUT2D eigenvalue weighted by Gasteiger charge is 2.34. The number of aryl methyl sites for hydroxylation is 3. The van der Waals surface area contributed by atoms with Crippen LogP contribution in [0, 0.1) is 26.7 Å². The molecule has 0 unspecified atom stereocenters. The van der Waals surface area contributed by atoms with Gasteiger partial charge in [0.25, 0.3) is 10.0 Å². The minimum atomic E-state index is -4.09. The molecule has 2 amide bonds. The molecule has 3 aromatic rings. The van der Waals surface area contributed by atoms with Crippen molar-refractivity contribution in [3.05, 3.63) is 95.1 Å². The smallest absolute Gasteiger partial charge is 0.264 e. The van der Waals surface area contributed by atoms with Crippen molar-refractivity contribution in [2.24, 2.45) is 5.92 Å². The second-order valence-electron chi connectivity index (χ2n) is 11.0. The Morgan fingerprint density at radius 2 is 1.51 bits per heavy atom. The van der Waals surface area contributed by atoms with Gasteiger partial charge >= 0.3 is 0 Å². The predicted octanol–water partition coefficient (Wildman–Crippen LogP) is 5.43. The Morgan fingerprint density at radius 3 is 2.10 bits per heavy atom. The van der Waals surface area contributed by atoms with Crippen LogP contribution in [0.2, 0.25) is 0 Å². The molecule has 0 saturated carbocycles. The summed E-state index contributed by atoms with van der Waals surface area (Å²) >= 11 is 0. The topological polar surface area (TPSA) is 86.8 Å². The van der Waals surface area contributed by atoms with E-state index in [4.69, 9.17) is 0 Å². The fourth-order valence-electron chi connectivity index (χ4n) is 4.75. The summed E-state index contributed by atoms with van der Waals surface area (Å²) in [5, 5.41) is 2.96. The molecule has 0 aliphatic heterocycles. The second kappa shape index (κ2) is 14.3. The van der Waals surface area contributed by atoms with Gasteiger partial charge in [0.2, 0.25) is 11.8 Å². The Hall–Kier alpha value is -3.65. The summed E-state index contributed by atoms with van der Waals surface area (Å²) in [7, 11) is -4.09. The molecule has 0 heterocycles. The van der Waals surface area contributed by atoms with Crippen molar-refractivity contribution in [2.75, 3.05) is 23.9 Å². The minimum Gasteiger partial charge on any atom is -0.354 e. The lowest BCUT2D eigenvalue weighted by Crippen LogP contribution is -2.53. The molecule has 41 heavy (non-hydrogen) atoms. The zero-order chi connectivity index (χ0) is 30.2. The Morgan fingerprint density at radius 1 is 0.878 bits per heavy atom. The van der Waals surface area contributed by atoms with Gasteiger partial charge in [0.05, 0.1) is 10.6 Å². The molecule has 0 aliphatic carbocycles. The standard InChI is InChI=1S/C33H43N3O4S/c1-7-30(33(38)34-22-24(2)3)35(20-19-28-11-9-8-10-12-28)32(37)23-36(31-18-15-26(5)21-27(31)6)41(39,40)29-16-13-25(4)14-17-29/h8-18,21,24,30H,7,19-20,22-23H2,1-6H3,(H,34,38)/t30-/m0/s1. The van der Waals surface area contributed by atoms with E-state index in [1.807, 2.05) is 84.0 Å². The fraction of sp³-hybridized carbons (Fsp3) is 0.394. The monoisotopic (exact) mass is 577 g/mol. The van der Waals surface area contributed by atoms with E-state index >= 15 is 0 Å². The molecule has 0 fully saturated rings. The number of hydrogen-bond donors (Lipinski definition) is 1. The van der Waals surface area contributed by atoms with Crippen LogP contribution in [0.1, 0.15) is 49.4 Å². The summed E-state index contributed by atoms with van der Waals surface area (Å²) in [4.78, 5) is 29.1. The average Bonchev–Trinajstić information content (AvgIpc) is 2.93. The third-order valence-electron chi connectivity index (χ3n) is 7.06. The highest BCUT2D eigenvalue weighted by atomic mass is 32.2. The molecule has 0 aliphatic rings. The SMILES string of the molecule is CC[C@@H](C(=O)NCC(C)C)N(CCc1ccccc1)C(=O)CN(c1ccc(C)cc1C)S(=O)(=O)c1ccc(C)cc1. The molecule has 0 saturated heterocycles. The van der Waals surface area contributed by atoms with Crippen molar-refractivity contribution < 1.29 is 18.0 Å². The number of nitrogens with one attached hydrogen (secondary N) is 1. The zero-order valence-electron chi connectivity index (χ0n) is 25.1. The van der Waals surface area contributed by atoms with E-state index in [-0.39, 0.29) is 23.3 Å². The quantitative estimate of drug-likeness (QED) is 0.294. The van der Waals surface area contributed by atoms with E-state index in [9.17, 15) is 18.0 Å². The molecule has 1 N–H and O–H groups in total. The Labute approximate surface area is 245 Å². The van der Waals surface area contributed by atoms with Crippen molar-refractivity contribution in [1.82, 2.24) is 10.2 Å². The number of amides is 2. The normalized spacial score (nSPS) is 12.2. The first kappa shape index (κ1) is 31.9. The number of rotatable bonds is 13. The minimum absolute atomic E-state index is 0.105. The number of sulfonamides is 1. The predicted molar refractivity (Wildman–Crippen MR) is 165 cm³/mol. The molecule has 0 radical (unpaired) electrons. The van der Waals surface area contributed by atoms with E-state index in [0.717, 1.165) is 22.3 Å². The van der Waals surface area contributed by atoms with Crippen LogP contribution >= 0.6 is 0 Å². The number of anilines is 1. The van der Waals surface area contributed by atoms with Crippen molar-refractivity contribution in [3.63, 3.8) is 0 Å². The largest absolute Gasteiger partial charge is 0.354 e. The maximum absolute atomic E-state index is 14.1. The van der Waals surface area contributed by atoms with E-state index in [0.29, 0.717) is 25.1 Å². The Balaban J connectivity index is 2.03. The Kier molecular flexibility index (Phi) is 11.1. The number of carbonyl (C=O) groups is 2. The summed E-state index contributed by atoms with van der Waals surface area (Å²) in [6.07, 6.45) is 0.938. The van der Waals surface area contributed by atoms with Gasteiger partial charge in [-0.15, -0.1) is 0 Å². The maximum Gasteiger partial charge on any atom is 0.264 e. The third kappa shape index (κ3) is 8.43. The van der Waals surface area contributed by atoms with Crippen LogP contribution in [0.3, 0.4) is 0 Å². The van der Waals surface area contributed by atoms with Gasteiger partial charge in [-0.3, -0.25) is 13.9 Å². The molecule has 8 heteroatoms. The lowest BCUT2D eigenvalue weighted by atomic mass is 10.1. The van der Waals surface area contributed by atoms with Gasteiger partial charge in [-0.2, -0.15) is 0 Å². The number of carbonyl (C=O) groups excluding carboxylic acids is 2. The molecular formula is C33H43N3O4S. The van der Waals surface area contributed by atoms with E-state index in [2.05, 4.69) is 5.32 Å². The van der Waals surface area contributed by atoms with Gasteiger partial charge in [-0.05, 0) is 68.9 Å². The van der Waals surface area contributed by atoms with Gasteiger partial charge < -0.3 is 10.2 Å². The van der Waals surface area contributed by atoms with Crippen molar-refractivity contribution in [3.8, 4) is 0 Å². The third-order valence-corrected chi connectivity index (χ3v) is 8.84. The summed E-state index contributed by atoms with van der Waals surface area (Å²) < 4.78 is 29.3. The molecule has 1 atom stereocenters. The first-order valence-corrected chi connectivity index (χ1v) is 15.7. The van der Waals surface area contributed by atoms with Gasteiger partial charge in [0, 0.05) is 13.1 Å². The summed E-state index contributed by atoms with van der Waals surface area (Å²) in [5.41, 5.74) is 4.13. The zero-order valence-corrected chi connectivity index (χ0v) is 25.9. The van der Waals surface area contributed by atoms with Gasteiger partial charge in [0.1, 0.15) is 12.6 Å². The van der Waals surface area contributed by atoms with Crippen molar-refractivity contribution in [2.45, 2.75) is 65.3 Å². The molecule has 220 valence electrons. The van der Waals surface area contributed by atoms with Crippen molar-refractivity contribution in [1.29, 1.82) is 0 Å². The summed E-state index contributed by atoms with van der Waals surface area (Å²) in [6, 6.07) is 21.1. The highest BCUT2D eigenvalue weighted by molar-refractivity contribution is 7.92. The van der Waals surface area contributed by atoms with Gasteiger partial charge in [0.15, 0.2) is 0 Å². The molecule has 0 spiro atoms. The average molecular weight is 578 g/mol. The van der Waals surface area contributed by atoms with Crippen LogP contribution in [-0.4, -0.2) is 50.8 Å². The molecular weight excluding hydrogens is 534 g/mol. The van der Waals surface area contributed by atoms with E-state index < -0.39 is 28.5 Å². The van der Waals surface area contributed by atoms with E-state index in [1.54, 1.807) is 35.2 Å². The van der Waals surface area contributed by atoms with E-state index in [1.165, 1.54) is 4.31 Å². The number of nitrogens with zero attached hydrogens (tertiary/aromatic N) is 2. The highest BCUT2D eigenvalue weighted by Crippen LogP contribution is 2.28. The van der Waals surface area contributed by atoms with Crippen LogP contribution in [0.15, 0.2) is 77.7 Å². The first-order valence-electron chi connectivity index (χ1n) is 14.2. The molecule has 3 aromatic carbocycles. The molecule has 0 bridgehead atoms. The van der Waals surface area contributed by atoms with Gasteiger partial charge in [-0.25, -0.2) is 8.42 Å². The number of benzene rings is 3. The lowest BCUT2D eigenvalue weighted by Gasteiger charge is -2.33. The molecule has 7 nitrogen and oxygen atoms in total. The van der Waals surface area contributed by atoms with Crippen LogP contribution in [-0.2, 0) is 26.0 Å². The van der Waals surface area contributed by atoms with Crippen LogP contribution in [0.25, 0.3) is 0 Å². The van der Waals surface area contributed by atoms with Gasteiger partial charge in [-0.1, -0.05) is 86.5 Å². The lowest BCUT2D eigenvalue weighted by molar-refractivity contribution is -0.139. The van der Waals surface area contributed by atoms with Crippen LogP contribution < -0.4 is 9.62 Å². The van der Waals surface area contributed by atoms with Crippen LogP contribution in [0.5, 0.6) is 0 Å². The fourth-order valence-corrected chi connectivity index (χ4v) is 6.23. The summed E-state index contributed by atoms with van der Waals surface area (Å²) in [6.45, 7) is 11.9. The first-order chi connectivity index (χ1) is 19.4. The van der Waals surface area contributed by atoms with Crippen molar-refractivity contribution >= 4 is 27.5 Å². The maximum atomic E-state index is 14.1. The second-order valence-corrected chi connectivity index (χ2v) is 12.9. The molecule has 0 aromatic heterocycles. The summed E-state index contributed by atoms with van der Waals surface area (Å²) in [5.74, 6) is -0.408.